The van der Waals surface area contributed by atoms with Crippen LogP contribution in [0.2, 0.25) is 0 Å². The number of aromatic nitrogens is 2. The maximum absolute atomic E-state index is 6.02. The van der Waals surface area contributed by atoms with Gasteiger partial charge < -0.3 is 5.73 Å². The van der Waals surface area contributed by atoms with Crippen molar-refractivity contribution in [3.05, 3.63) is 52.8 Å². The highest BCUT2D eigenvalue weighted by Crippen LogP contribution is 2.31. The molecule has 0 radical (unpaired) electrons. The normalized spacial score (nSPS) is 16.6. The van der Waals surface area contributed by atoms with E-state index < -0.39 is 0 Å². The van der Waals surface area contributed by atoms with E-state index in [4.69, 9.17) is 5.73 Å². The molecule has 4 nitrogen and oxygen atoms in total. The fourth-order valence-electron chi connectivity index (χ4n) is 3.00. The molecule has 0 aliphatic carbocycles. The van der Waals surface area contributed by atoms with Gasteiger partial charge in [-0.15, -0.1) is 0 Å². The Morgan fingerprint density at radius 1 is 1.26 bits per heavy atom. The third-order valence-corrected chi connectivity index (χ3v) is 3.94. The number of hydrogen-bond acceptors (Lipinski definition) is 3. The summed E-state index contributed by atoms with van der Waals surface area (Å²) < 4.78 is 1.87. The van der Waals surface area contributed by atoms with Crippen molar-refractivity contribution < 1.29 is 0 Å². The minimum Gasteiger partial charge on any atom is -0.329 e. The summed E-state index contributed by atoms with van der Waals surface area (Å²) in [6.07, 6.45) is 2.09. The van der Waals surface area contributed by atoms with E-state index in [9.17, 15) is 0 Å². The Kier molecular flexibility index (Phi) is 3.12. The second kappa shape index (κ2) is 4.79. The highest BCUT2D eigenvalue weighted by molar-refractivity contribution is 5.32. The molecule has 3 rings (SSSR count). The van der Waals surface area contributed by atoms with Gasteiger partial charge in [0.15, 0.2) is 0 Å². The van der Waals surface area contributed by atoms with Crippen molar-refractivity contribution in [3.8, 4) is 0 Å². The molecule has 1 aromatic carbocycles. The van der Waals surface area contributed by atoms with Crippen LogP contribution in [0.3, 0.4) is 0 Å². The van der Waals surface area contributed by atoms with Gasteiger partial charge in [0.25, 0.3) is 0 Å². The largest absolute Gasteiger partial charge is 0.329 e. The molecule has 0 fully saturated rings. The molecule has 0 bridgehead atoms. The summed E-state index contributed by atoms with van der Waals surface area (Å²) in [5.41, 5.74) is 11.2. The summed E-state index contributed by atoms with van der Waals surface area (Å²) in [7, 11) is 1.96. The summed E-state index contributed by atoms with van der Waals surface area (Å²) in [6, 6.07) is 8.88. The Bertz CT molecular complexity index is 563. The zero-order chi connectivity index (χ0) is 13.4. The second-order valence-electron chi connectivity index (χ2n) is 5.27. The standard InChI is InChI=1S/C15H20N4/c1-11-14(10-18(2)17-11)15(7-16)19-8-12-5-3-4-6-13(12)9-19/h3-6,10,15H,7-9,16H2,1-2H3. The predicted octanol–water partition coefficient (Wildman–Crippen LogP) is 1.74. The first-order valence-electron chi connectivity index (χ1n) is 6.70. The fraction of sp³-hybridized carbons (Fsp3) is 0.400. The van der Waals surface area contributed by atoms with Gasteiger partial charge in [0.2, 0.25) is 0 Å². The third-order valence-electron chi connectivity index (χ3n) is 3.94. The minimum absolute atomic E-state index is 0.251. The number of nitrogens with zero attached hydrogens (tertiary/aromatic N) is 3. The number of hydrogen-bond donors (Lipinski definition) is 1. The fourth-order valence-corrected chi connectivity index (χ4v) is 3.00. The SMILES string of the molecule is Cc1nn(C)cc1C(CN)N1Cc2ccccc2C1. The van der Waals surface area contributed by atoms with Crippen LogP contribution in [0.1, 0.15) is 28.4 Å². The van der Waals surface area contributed by atoms with Crippen molar-refractivity contribution in [1.82, 2.24) is 14.7 Å². The average Bonchev–Trinajstić information content (AvgIpc) is 2.94. The van der Waals surface area contributed by atoms with E-state index in [1.165, 1.54) is 16.7 Å². The molecule has 2 aromatic rings. The molecule has 1 unspecified atom stereocenters. The van der Waals surface area contributed by atoms with Crippen molar-refractivity contribution in [2.24, 2.45) is 12.8 Å². The summed E-state index contributed by atoms with van der Waals surface area (Å²) in [5.74, 6) is 0. The second-order valence-corrected chi connectivity index (χ2v) is 5.27. The molecule has 19 heavy (non-hydrogen) atoms. The van der Waals surface area contributed by atoms with Gasteiger partial charge in [0.1, 0.15) is 0 Å². The molecule has 100 valence electrons. The maximum Gasteiger partial charge on any atom is 0.0641 e. The molecule has 0 spiro atoms. The highest BCUT2D eigenvalue weighted by Gasteiger charge is 2.27. The van der Waals surface area contributed by atoms with Crippen molar-refractivity contribution in [3.63, 3.8) is 0 Å². The van der Waals surface area contributed by atoms with Gasteiger partial charge in [0, 0.05) is 38.4 Å². The van der Waals surface area contributed by atoms with E-state index >= 15 is 0 Å². The van der Waals surface area contributed by atoms with Crippen LogP contribution >= 0.6 is 0 Å². The van der Waals surface area contributed by atoms with Gasteiger partial charge in [-0.3, -0.25) is 9.58 Å². The van der Waals surface area contributed by atoms with E-state index in [1.54, 1.807) is 0 Å². The lowest BCUT2D eigenvalue weighted by molar-refractivity contribution is 0.204. The predicted molar refractivity (Wildman–Crippen MR) is 75.4 cm³/mol. The van der Waals surface area contributed by atoms with Crippen LogP contribution in [0.4, 0.5) is 0 Å². The number of nitrogens with two attached hydrogens (primary N) is 1. The Labute approximate surface area is 113 Å². The molecule has 1 aliphatic heterocycles. The molecule has 2 N–H and O–H groups in total. The van der Waals surface area contributed by atoms with Crippen LogP contribution in [0.15, 0.2) is 30.5 Å². The first-order chi connectivity index (χ1) is 9.19. The number of aryl methyl sites for hydroxylation is 2. The molecular weight excluding hydrogens is 236 g/mol. The van der Waals surface area contributed by atoms with Gasteiger partial charge in [0.05, 0.1) is 11.7 Å². The third kappa shape index (κ3) is 2.17. The summed E-state index contributed by atoms with van der Waals surface area (Å²) >= 11 is 0. The monoisotopic (exact) mass is 256 g/mol. The minimum atomic E-state index is 0.251. The van der Waals surface area contributed by atoms with Crippen molar-refractivity contribution in [2.75, 3.05) is 6.54 Å². The first kappa shape index (κ1) is 12.4. The van der Waals surface area contributed by atoms with E-state index in [1.807, 2.05) is 11.7 Å². The highest BCUT2D eigenvalue weighted by atomic mass is 15.3. The average molecular weight is 256 g/mol. The van der Waals surface area contributed by atoms with Crippen LogP contribution in [0.25, 0.3) is 0 Å². The molecule has 4 heteroatoms. The lowest BCUT2D eigenvalue weighted by Gasteiger charge is -2.26. The molecule has 1 aromatic heterocycles. The lowest BCUT2D eigenvalue weighted by atomic mass is 10.1. The molecule has 2 heterocycles. The van der Waals surface area contributed by atoms with Gasteiger partial charge in [-0.1, -0.05) is 24.3 Å². The zero-order valence-electron chi connectivity index (χ0n) is 11.5. The Hall–Kier alpha value is -1.65. The smallest absolute Gasteiger partial charge is 0.0641 e. The van der Waals surface area contributed by atoms with Crippen LogP contribution in [0, 0.1) is 6.92 Å². The number of rotatable bonds is 3. The summed E-state index contributed by atoms with van der Waals surface area (Å²) in [5, 5.41) is 4.43. The molecular formula is C15H20N4. The molecule has 1 atom stereocenters. The van der Waals surface area contributed by atoms with E-state index in [-0.39, 0.29) is 6.04 Å². The maximum atomic E-state index is 6.02. The van der Waals surface area contributed by atoms with E-state index in [0.29, 0.717) is 6.54 Å². The van der Waals surface area contributed by atoms with Crippen molar-refractivity contribution in [1.29, 1.82) is 0 Å². The quantitative estimate of drug-likeness (QED) is 0.910. The first-order valence-corrected chi connectivity index (χ1v) is 6.70. The molecule has 1 aliphatic rings. The Morgan fingerprint density at radius 3 is 2.37 bits per heavy atom. The molecule has 0 amide bonds. The Balaban J connectivity index is 1.88. The van der Waals surface area contributed by atoms with E-state index in [2.05, 4.69) is 47.4 Å². The van der Waals surface area contributed by atoms with Gasteiger partial charge >= 0.3 is 0 Å². The zero-order valence-corrected chi connectivity index (χ0v) is 11.5. The topological polar surface area (TPSA) is 47.1 Å². The lowest BCUT2D eigenvalue weighted by Crippen LogP contribution is -2.29. The van der Waals surface area contributed by atoms with Gasteiger partial charge in [-0.2, -0.15) is 5.10 Å². The number of benzene rings is 1. The van der Waals surface area contributed by atoms with Crippen LogP contribution in [-0.4, -0.2) is 21.2 Å². The van der Waals surface area contributed by atoms with Crippen LogP contribution in [0.5, 0.6) is 0 Å². The Morgan fingerprint density at radius 2 is 1.89 bits per heavy atom. The van der Waals surface area contributed by atoms with Crippen molar-refractivity contribution in [2.45, 2.75) is 26.1 Å². The summed E-state index contributed by atoms with van der Waals surface area (Å²) in [6.45, 7) is 4.64. The van der Waals surface area contributed by atoms with Crippen LogP contribution in [-0.2, 0) is 20.1 Å². The van der Waals surface area contributed by atoms with Gasteiger partial charge in [-0.25, -0.2) is 0 Å². The van der Waals surface area contributed by atoms with Gasteiger partial charge in [-0.05, 0) is 18.1 Å². The molecule has 0 saturated heterocycles. The van der Waals surface area contributed by atoms with Crippen molar-refractivity contribution >= 4 is 0 Å². The molecule has 0 saturated carbocycles. The summed E-state index contributed by atoms with van der Waals surface area (Å²) in [4.78, 5) is 2.44. The number of fused-ring (bicyclic) bond motifs is 1. The van der Waals surface area contributed by atoms with E-state index in [0.717, 1.165) is 18.8 Å². The van der Waals surface area contributed by atoms with Crippen LogP contribution < -0.4 is 5.73 Å².